The molecule has 0 saturated heterocycles. The molecule has 4 nitrogen and oxygen atoms in total. The number of rotatable bonds is 11. The molecule has 0 aliphatic rings. The fraction of sp³-hybridized carbons (Fsp3) is 0.474. The van der Waals surface area contributed by atoms with Crippen molar-refractivity contribution in [3.05, 3.63) is 48.6 Å². The van der Waals surface area contributed by atoms with Crippen molar-refractivity contribution in [2.45, 2.75) is 40.2 Å². The van der Waals surface area contributed by atoms with Crippen molar-refractivity contribution in [2.24, 2.45) is 0 Å². The first-order chi connectivity index (χ1) is 11.1. The molecule has 0 aliphatic heterocycles. The summed E-state index contributed by atoms with van der Waals surface area (Å²) < 4.78 is 11.1. The summed E-state index contributed by atoms with van der Waals surface area (Å²) in [4.78, 5) is 5.74. The minimum absolute atomic E-state index is 0.130. The second-order valence-corrected chi connectivity index (χ2v) is 5.41. The molecule has 1 aromatic rings. The largest absolute Gasteiger partial charge is 0.491 e. The van der Waals surface area contributed by atoms with Gasteiger partial charge in [-0.1, -0.05) is 31.7 Å². The number of anilines is 1. The lowest BCUT2D eigenvalue weighted by Gasteiger charge is -2.24. The van der Waals surface area contributed by atoms with E-state index in [4.69, 9.17) is 14.3 Å². The monoisotopic (exact) mass is 319 g/mol. The van der Waals surface area contributed by atoms with Gasteiger partial charge in [0.25, 0.3) is 0 Å². The molecule has 0 amide bonds. The van der Waals surface area contributed by atoms with E-state index in [1.807, 2.05) is 51.1 Å². The van der Waals surface area contributed by atoms with Gasteiger partial charge in [0.15, 0.2) is 6.79 Å². The number of allylic oxidation sites excluding steroid dienone is 1. The van der Waals surface area contributed by atoms with Gasteiger partial charge in [0.2, 0.25) is 0 Å². The molecule has 0 saturated carbocycles. The highest BCUT2D eigenvalue weighted by Crippen LogP contribution is 2.23. The fourth-order valence-corrected chi connectivity index (χ4v) is 1.90. The molecule has 0 bridgehead atoms. The van der Waals surface area contributed by atoms with Gasteiger partial charge >= 0.3 is 0 Å². The maximum Gasteiger partial charge on any atom is 0.173 e. The van der Waals surface area contributed by atoms with Crippen LogP contribution in [0.4, 0.5) is 5.69 Å². The summed E-state index contributed by atoms with van der Waals surface area (Å²) in [5.41, 5.74) is 1.88. The van der Waals surface area contributed by atoms with Crippen LogP contribution in [0.25, 0.3) is 0 Å². The summed E-state index contributed by atoms with van der Waals surface area (Å²) in [7, 11) is 0. The molecule has 0 radical (unpaired) electrons. The molecule has 0 N–H and O–H groups in total. The summed E-state index contributed by atoms with van der Waals surface area (Å²) >= 11 is 0. The highest BCUT2D eigenvalue weighted by Gasteiger charge is 2.10. The fourth-order valence-electron chi connectivity index (χ4n) is 1.90. The minimum Gasteiger partial charge on any atom is -0.491 e. The lowest BCUT2D eigenvalue weighted by atomic mass is 10.2. The van der Waals surface area contributed by atoms with E-state index in [9.17, 15) is 0 Å². The molecule has 0 heterocycles. The Morgan fingerprint density at radius 1 is 1.30 bits per heavy atom. The van der Waals surface area contributed by atoms with Crippen LogP contribution in [0.2, 0.25) is 0 Å². The van der Waals surface area contributed by atoms with Crippen molar-refractivity contribution in [1.82, 2.24) is 0 Å². The van der Waals surface area contributed by atoms with Crippen molar-refractivity contribution in [1.29, 1.82) is 0 Å². The van der Waals surface area contributed by atoms with Gasteiger partial charge in [0.05, 0.1) is 18.3 Å². The molecule has 0 spiro atoms. The molecular weight excluding hydrogens is 290 g/mol. The quantitative estimate of drug-likeness (QED) is 0.255. The first-order valence-electron chi connectivity index (χ1n) is 8.16. The minimum atomic E-state index is 0.130. The predicted molar refractivity (Wildman–Crippen MR) is 95.7 cm³/mol. The number of benzene rings is 1. The van der Waals surface area contributed by atoms with Crippen molar-refractivity contribution >= 4 is 5.69 Å². The molecule has 0 aromatic heterocycles. The molecule has 4 heteroatoms. The lowest BCUT2D eigenvalue weighted by molar-refractivity contribution is -0.0587. The van der Waals surface area contributed by atoms with Crippen LogP contribution in [-0.4, -0.2) is 26.0 Å². The first kappa shape index (κ1) is 19.3. The molecule has 1 aromatic carbocycles. The summed E-state index contributed by atoms with van der Waals surface area (Å²) in [6.07, 6.45) is 5.22. The Bertz CT molecular complexity index is 497. The van der Waals surface area contributed by atoms with Gasteiger partial charge in [0, 0.05) is 12.7 Å². The summed E-state index contributed by atoms with van der Waals surface area (Å²) in [6, 6.07) is 7.84. The Hall–Kier alpha value is -1.78. The van der Waals surface area contributed by atoms with Crippen molar-refractivity contribution in [3.63, 3.8) is 0 Å². The topological polar surface area (TPSA) is 30.9 Å². The Kier molecular flexibility index (Phi) is 9.10. The van der Waals surface area contributed by atoms with Crippen LogP contribution in [0.5, 0.6) is 5.75 Å². The van der Waals surface area contributed by atoms with E-state index in [1.165, 1.54) is 0 Å². The van der Waals surface area contributed by atoms with E-state index in [1.54, 1.807) is 5.06 Å². The third-order valence-corrected chi connectivity index (χ3v) is 2.91. The molecule has 0 unspecified atom stereocenters. The van der Waals surface area contributed by atoms with Gasteiger partial charge in [-0.3, -0.25) is 0 Å². The smallest absolute Gasteiger partial charge is 0.173 e. The highest BCUT2D eigenvalue weighted by molar-refractivity contribution is 5.50. The van der Waals surface area contributed by atoms with Gasteiger partial charge in [-0.15, -0.1) is 0 Å². The number of hydroxylamine groups is 1. The second-order valence-electron chi connectivity index (χ2n) is 5.41. The Morgan fingerprint density at radius 2 is 2.09 bits per heavy atom. The average Bonchev–Trinajstić information content (AvgIpc) is 2.51. The Morgan fingerprint density at radius 3 is 2.74 bits per heavy atom. The molecular formula is C19H29NO3. The van der Waals surface area contributed by atoms with Gasteiger partial charge in [-0.05, 0) is 44.9 Å². The second kappa shape index (κ2) is 10.9. The zero-order valence-electron chi connectivity index (χ0n) is 14.7. The van der Waals surface area contributed by atoms with E-state index in [0.29, 0.717) is 13.2 Å². The predicted octanol–water partition coefficient (Wildman–Crippen LogP) is 4.73. The average molecular weight is 319 g/mol. The van der Waals surface area contributed by atoms with Crippen LogP contribution in [0.3, 0.4) is 0 Å². The number of hydrogen-bond donors (Lipinski definition) is 0. The lowest BCUT2D eigenvalue weighted by Crippen LogP contribution is -2.27. The van der Waals surface area contributed by atoms with Crippen molar-refractivity contribution in [3.8, 4) is 5.75 Å². The maximum absolute atomic E-state index is 5.75. The number of hydrogen-bond acceptors (Lipinski definition) is 4. The van der Waals surface area contributed by atoms with Gasteiger partial charge in [-0.2, -0.15) is 0 Å². The van der Waals surface area contributed by atoms with Crippen LogP contribution in [-0.2, 0) is 9.57 Å². The Labute approximate surface area is 140 Å². The van der Waals surface area contributed by atoms with E-state index < -0.39 is 0 Å². The van der Waals surface area contributed by atoms with E-state index >= 15 is 0 Å². The van der Waals surface area contributed by atoms with Crippen LogP contribution in [0.1, 0.15) is 34.1 Å². The van der Waals surface area contributed by atoms with Gasteiger partial charge in [-0.25, -0.2) is 9.90 Å². The summed E-state index contributed by atoms with van der Waals surface area (Å²) in [5, 5.41) is 1.78. The molecule has 23 heavy (non-hydrogen) atoms. The van der Waals surface area contributed by atoms with E-state index in [-0.39, 0.29) is 12.9 Å². The van der Waals surface area contributed by atoms with Crippen molar-refractivity contribution < 1.29 is 14.3 Å². The van der Waals surface area contributed by atoms with E-state index in [2.05, 4.69) is 19.6 Å². The zero-order valence-corrected chi connectivity index (χ0v) is 14.7. The summed E-state index contributed by atoms with van der Waals surface area (Å²) in [5.74, 6) is 0.817. The third-order valence-electron chi connectivity index (χ3n) is 2.91. The Balaban J connectivity index is 2.85. The normalized spacial score (nSPS) is 11.2. The van der Waals surface area contributed by atoms with Crippen LogP contribution >= 0.6 is 0 Å². The molecule has 0 atom stereocenters. The maximum atomic E-state index is 5.75. The van der Waals surface area contributed by atoms with Gasteiger partial charge < -0.3 is 9.47 Å². The molecule has 0 fully saturated rings. The van der Waals surface area contributed by atoms with Crippen LogP contribution in [0, 0.1) is 0 Å². The standard InChI is InChI=1S/C19H29NO3/c1-6-8-10-17(5)14-20(22-15-21-7-2)18-11-9-12-19(13-18)23-16(3)4/h8-13,16H,5-7,14-15H2,1-4H3/b10-8-. The van der Waals surface area contributed by atoms with Crippen LogP contribution < -0.4 is 9.80 Å². The van der Waals surface area contributed by atoms with Crippen molar-refractivity contribution in [2.75, 3.05) is 25.0 Å². The SMILES string of the molecule is C=C(/C=C\CC)CN(OCOCC)c1cccc(OC(C)C)c1. The van der Waals surface area contributed by atoms with Crippen LogP contribution in [0.15, 0.2) is 48.6 Å². The van der Waals surface area contributed by atoms with Gasteiger partial charge in [0.1, 0.15) is 5.75 Å². The zero-order chi connectivity index (χ0) is 17.1. The van der Waals surface area contributed by atoms with E-state index in [0.717, 1.165) is 23.4 Å². The molecule has 128 valence electrons. The third kappa shape index (κ3) is 7.86. The summed E-state index contributed by atoms with van der Waals surface area (Å²) in [6.45, 7) is 13.5. The number of nitrogens with zero attached hydrogens (tertiary/aromatic N) is 1. The molecule has 1 rings (SSSR count). The highest BCUT2D eigenvalue weighted by atomic mass is 16.8. The number of ether oxygens (including phenoxy) is 2. The molecule has 0 aliphatic carbocycles. The first-order valence-corrected chi connectivity index (χ1v) is 8.16.